The molecule has 0 spiro atoms. The Morgan fingerprint density at radius 2 is 1.05 bits per heavy atom. The van der Waals surface area contributed by atoms with E-state index in [1.54, 1.807) is 29.2 Å². The molecule has 5 nitrogen and oxygen atoms in total. The second kappa shape index (κ2) is 22.6. The summed E-state index contributed by atoms with van der Waals surface area (Å²) in [6.07, 6.45) is 13.9. The Labute approximate surface area is 395 Å². The van der Waals surface area contributed by atoms with Gasteiger partial charge in [-0.05, 0) is 177 Å². The van der Waals surface area contributed by atoms with E-state index < -0.39 is 0 Å². The molecule has 64 heavy (non-hydrogen) atoms. The number of phenols is 4. The summed E-state index contributed by atoms with van der Waals surface area (Å²) in [6, 6.07) is 30.0. The van der Waals surface area contributed by atoms with Gasteiger partial charge in [-0.1, -0.05) is 18.2 Å². The number of fused-ring (bicyclic) bond motifs is 2. The molecule has 0 amide bonds. The fourth-order valence-electron chi connectivity index (χ4n) is 8.83. The third kappa shape index (κ3) is 13.0. The van der Waals surface area contributed by atoms with Crippen LogP contribution in [0.15, 0.2) is 111 Å². The van der Waals surface area contributed by atoms with E-state index in [0.29, 0.717) is 44.2 Å². The fourth-order valence-corrected chi connectivity index (χ4v) is 17.5. The molecule has 0 unspecified atom stereocenters. The van der Waals surface area contributed by atoms with Crippen molar-refractivity contribution in [1.29, 1.82) is 0 Å². The third-order valence-electron chi connectivity index (χ3n) is 11.8. The molecule has 0 aliphatic carbocycles. The predicted octanol–water partition coefficient (Wildman–Crippen LogP) is 13.2. The number of ether oxygens (including phenoxy) is 1. The smallest absolute Gasteiger partial charge is 0.162 e. The average Bonchev–Trinajstić information content (AvgIpc) is 4.00. The van der Waals surface area contributed by atoms with Gasteiger partial charge in [0.15, 0.2) is 19.6 Å². The molecular weight excluding hydrogens is 869 g/mol. The highest BCUT2D eigenvalue weighted by Crippen LogP contribution is 2.37. The van der Waals surface area contributed by atoms with Crippen molar-refractivity contribution in [1.82, 2.24) is 0 Å². The van der Waals surface area contributed by atoms with Crippen LogP contribution in [0.1, 0.15) is 88.0 Å². The van der Waals surface area contributed by atoms with Gasteiger partial charge in [-0.3, -0.25) is 0 Å². The van der Waals surface area contributed by atoms with Gasteiger partial charge in [-0.15, -0.1) is 0 Å². The van der Waals surface area contributed by atoms with E-state index in [1.165, 1.54) is 116 Å². The van der Waals surface area contributed by atoms with Crippen LogP contribution in [-0.4, -0.2) is 73.1 Å². The topological polar surface area (TPSA) is 90.2 Å². The summed E-state index contributed by atoms with van der Waals surface area (Å²) in [5.41, 5.74) is 4.45. The number of phenolic OH excluding ortho intramolecular Hbond substituents is 4. The lowest BCUT2D eigenvalue weighted by atomic mass is 10.1. The molecule has 3 aliphatic rings. The van der Waals surface area contributed by atoms with E-state index in [2.05, 4.69) is 95.7 Å². The highest BCUT2D eigenvalue weighted by molar-refractivity contribution is 7.97. The number of hydrogen-bond donors (Lipinski definition) is 4. The van der Waals surface area contributed by atoms with Crippen LogP contribution in [0.4, 0.5) is 0 Å². The lowest BCUT2D eigenvalue weighted by Gasteiger charge is -2.22. The molecule has 4 N–H and O–H groups in total. The van der Waals surface area contributed by atoms with E-state index in [0.717, 1.165) is 27.6 Å². The number of hydrogen-bond acceptors (Lipinski definition) is 5. The van der Waals surface area contributed by atoms with Crippen molar-refractivity contribution >= 4 is 65.1 Å². The van der Waals surface area contributed by atoms with Crippen LogP contribution in [0.25, 0.3) is 21.5 Å². The molecule has 0 aromatic heterocycles. The van der Waals surface area contributed by atoms with Crippen LogP contribution in [0.5, 0.6) is 28.7 Å². The van der Waals surface area contributed by atoms with Gasteiger partial charge in [0.05, 0.1) is 0 Å². The maximum atomic E-state index is 9.69. The first kappa shape index (κ1) is 49.7. The predicted molar refractivity (Wildman–Crippen MR) is 283 cm³/mol. The minimum absolute atomic E-state index is 0.108. The number of aromatic hydroxyl groups is 4. The number of aryl methyl sites for hydroxylation is 4. The summed E-state index contributed by atoms with van der Waals surface area (Å²) in [4.78, 5) is 5.68. The SMILES string of the molecule is CC(C)(C)Oc1ccc([S+]2CCCC2)c2ccccc12.C[S+](C)c1ccc(O)c2ccc(O)cc12.Cc1cc(O)cc(C)c1[S+]1CCCCC1.Cc1cc([S+]2CCCC2)cc(C)c1O. The van der Waals surface area contributed by atoms with Crippen molar-refractivity contribution in [2.45, 2.75) is 119 Å². The van der Waals surface area contributed by atoms with Crippen LogP contribution in [0.2, 0.25) is 0 Å². The van der Waals surface area contributed by atoms with Gasteiger partial charge < -0.3 is 25.2 Å². The van der Waals surface area contributed by atoms with E-state index in [-0.39, 0.29) is 28.0 Å². The molecular formula is C55H72O5S4+4. The average molecular weight is 941 g/mol. The first-order chi connectivity index (χ1) is 30.5. The summed E-state index contributed by atoms with van der Waals surface area (Å²) in [7, 11) is 1.47. The Bertz CT molecular complexity index is 2450. The summed E-state index contributed by atoms with van der Waals surface area (Å²) >= 11 is 0. The highest BCUT2D eigenvalue weighted by Gasteiger charge is 2.31. The van der Waals surface area contributed by atoms with Crippen LogP contribution < -0.4 is 4.74 Å². The minimum Gasteiger partial charge on any atom is -0.508 e. The third-order valence-corrected chi connectivity index (χ3v) is 20.9. The van der Waals surface area contributed by atoms with Crippen LogP contribution in [0.3, 0.4) is 0 Å². The van der Waals surface area contributed by atoms with Gasteiger partial charge in [-0.25, -0.2) is 0 Å². The van der Waals surface area contributed by atoms with E-state index in [9.17, 15) is 20.4 Å². The Kier molecular flexibility index (Phi) is 17.6. The zero-order valence-corrected chi connectivity index (χ0v) is 42.9. The maximum absolute atomic E-state index is 9.69. The first-order valence-corrected chi connectivity index (χ1v) is 29.6. The molecule has 0 bridgehead atoms. The minimum atomic E-state index is -0.153. The second-order valence-corrected chi connectivity index (χ2v) is 27.2. The van der Waals surface area contributed by atoms with Gasteiger partial charge in [0.1, 0.15) is 81.4 Å². The monoisotopic (exact) mass is 940 g/mol. The molecule has 0 saturated carbocycles. The molecule has 3 fully saturated rings. The van der Waals surface area contributed by atoms with Crippen LogP contribution >= 0.6 is 0 Å². The largest absolute Gasteiger partial charge is 0.508 e. The van der Waals surface area contributed by atoms with Gasteiger partial charge >= 0.3 is 0 Å². The summed E-state index contributed by atoms with van der Waals surface area (Å²) in [5, 5.41) is 42.7. The Balaban J connectivity index is 0.000000143. The molecule has 0 atom stereocenters. The maximum Gasteiger partial charge on any atom is 0.162 e. The van der Waals surface area contributed by atoms with Crippen LogP contribution in [0, 0.1) is 27.7 Å². The fraction of sp³-hybridized carbons (Fsp3) is 0.418. The van der Waals surface area contributed by atoms with Gasteiger partial charge in [0, 0.05) is 76.3 Å². The molecule has 6 aromatic carbocycles. The number of rotatable bonds is 5. The first-order valence-electron chi connectivity index (χ1n) is 22.9. The molecule has 3 saturated heterocycles. The lowest BCUT2D eigenvalue weighted by Crippen LogP contribution is -2.23. The van der Waals surface area contributed by atoms with Gasteiger partial charge in [0.25, 0.3) is 0 Å². The highest BCUT2D eigenvalue weighted by atomic mass is 32.2. The Morgan fingerprint density at radius 1 is 0.500 bits per heavy atom. The molecule has 0 radical (unpaired) electrons. The zero-order valence-electron chi connectivity index (χ0n) is 39.7. The summed E-state index contributed by atoms with van der Waals surface area (Å²) in [5.74, 6) is 10.5. The summed E-state index contributed by atoms with van der Waals surface area (Å²) in [6.45, 7) is 14.6. The Morgan fingerprint density at radius 3 is 1.62 bits per heavy atom. The Hall–Kier alpha value is -3.76. The summed E-state index contributed by atoms with van der Waals surface area (Å²) < 4.78 is 6.14. The molecule has 342 valence electrons. The zero-order chi connectivity index (χ0) is 46.1. The lowest BCUT2D eigenvalue weighted by molar-refractivity contribution is 0.133. The van der Waals surface area contributed by atoms with Crippen LogP contribution in [-0.2, 0) is 43.6 Å². The van der Waals surface area contributed by atoms with Gasteiger partial charge in [0.2, 0.25) is 0 Å². The van der Waals surface area contributed by atoms with Crippen molar-refractivity contribution in [3.8, 4) is 28.7 Å². The molecule has 9 heteroatoms. The van der Waals surface area contributed by atoms with Crippen molar-refractivity contribution in [3.63, 3.8) is 0 Å². The van der Waals surface area contributed by atoms with Crippen molar-refractivity contribution in [2.24, 2.45) is 0 Å². The van der Waals surface area contributed by atoms with Crippen molar-refractivity contribution in [2.75, 3.05) is 47.0 Å². The van der Waals surface area contributed by atoms with Gasteiger partial charge in [-0.2, -0.15) is 0 Å². The number of benzene rings is 6. The normalized spacial score (nSPS) is 15.9. The van der Waals surface area contributed by atoms with E-state index >= 15 is 0 Å². The van der Waals surface area contributed by atoms with E-state index in [1.807, 2.05) is 32.0 Å². The second-order valence-electron chi connectivity index (χ2n) is 18.4. The molecule has 9 rings (SSSR count). The quantitative estimate of drug-likeness (QED) is 0.129. The van der Waals surface area contributed by atoms with Crippen molar-refractivity contribution < 1.29 is 25.2 Å². The standard InChI is InChI=1S/C18H23OS.C13H18OS.C12H12O2S.C12H16OS/c1-18(2,3)19-16-10-11-17(20-12-6-7-13-20)15-9-5-4-8-14(15)16;1-10-8-12(14)9-11(2)13(10)15-6-4-3-5-7-15;1-15(2)12-6-5-11(14)9-4-3-8(13)7-10(9)12;1-9-7-11(8-10(2)12(9)13)14-5-3-4-6-14/h4-5,8-11H,6-7,12-13H2,1-3H3;8-9H,3-7H2,1-2H3;3-7H,1-2H3,(H-,13,14);7-8H,3-6H2,1-2H3/q+1;;;/p+3. The molecule has 3 heterocycles. The molecule has 6 aromatic rings. The molecule has 3 aliphatic heterocycles. The van der Waals surface area contributed by atoms with Crippen molar-refractivity contribution in [3.05, 3.63) is 113 Å². The van der Waals surface area contributed by atoms with E-state index in [4.69, 9.17) is 4.74 Å².